The fourth-order valence-corrected chi connectivity index (χ4v) is 1.73. The Hall–Kier alpha value is -1.80. The Morgan fingerprint density at radius 2 is 2.26 bits per heavy atom. The Bertz CT molecular complexity index is 424. The predicted octanol–water partition coefficient (Wildman–Crippen LogP) is 0.228. The fourth-order valence-electron chi connectivity index (χ4n) is 1.09. The van der Waals surface area contributed by atoms with E-state index in [1.54, 1.807) is 12.1 Å². The number of amides is 3. The Morgan fingerprint density at radius 1 is 1.47 bits per heavy atom. The molecule has 8 heteroatoms. The zero-order valence-corrected chi connectivity index (χ0v) is 11.3. The second-order valence-corrected chi connectivity index (χ2v) is 4.51. The average molecular weight is 284 g/mol. The number of nitrogens with two attached hydrogens (primary N) is 1. The number of aromatic nitrogens is 1. The Kier molecular flexibility index (Phi) is 6.69. The Balaban J connectivity index is 2.24. The van der Waals surface area contributed by atoms with E-state index < -0.39 is 11.9 Å². The van der Waals surface area contributed by atoms with Crippen molar-refractivity contribution in [1.29, 1.82) is 0 Å². The molecule has 0 aliphatic heterocycles. The summed E-state index contributed by atoms with van der Waals surface area (Å²) in [5.41, 5.74) is 6.05. The Labute approximate surface area is 115 Å². The number of nitrogens with zero attached hydrogens (tertiary/aromatic N) is 1. The first-order chi connectivity index (χ1) is 9.11. The number of ether oxygens (including phenoxy) is 1. The molecule has 1 aromatic heterocycles. The van der Waals surface area contributed by atoms with Crippen molar-refractivity contribution in [3.8, 4) is 0 Å². The second kappa shape index (κ2) is 8.33. The predicted molar refractivity (Wildman–Crippen MR) is 72.8 cm³/mol. The number of nitrogen functional groups attached to an aromatic ring is 1. The van der Waals surface area contributed by atoms with Gasteiger partial charge in [0.1, 0.15) is 0 Å². The largest absolute Gasteiger partial charge is 0.397 e. The molecule has 104 valence electrons. The highest BCUT2D eigenvalue weighted by Gasteiger charge is 2.07. The lowest BCUT2D eigenvalue weighted by Crippen LogP contribution is -2.41. The molecule has 4 N–H and O–H groups in total. The molecule has 0 bridgehead atoms. The van der Waals surface area contributed by atoms with Crippen LogP contribution < -0.4 is 16.4 Å². The van der Waals surface area contributed by atoms with Crippen LogP contribution in [-0.2, 0) is 9.53 Å². The van der Waals surface area contributed by atoms with Crippen LogP contribution in [0.1, 0.15) is 0 Å². The number of anilines is 1. The summed E-state index contributed by atoms with van der Waals surface area (Å²) in [6, 6.07) is 2.88. The van der Waals surface area contributed by atoms with E-state index in [0.29, 0.717) is 23.9 Å². The molecule has 1 rings (SSSR count). The van der Waals surface area contributed by atoms with Crippen molar-refractivity contribution in [1.82, 2.24) is 15.6 Å². The average Bonchev–Trinajstić information content (AvgIpc) is 2.38. The molecule has 1 aromatic rings. The van der Waals surface area contributed by atoms with Crippen LogP contribution in [0.3, 0.4) is 0 Å². The minimum absolute atomic E-state index is 0.106. The fraction of sp³-hybridized carbons (Fsp3) is 0.364. The van der Waals surface area contributed by atoms with E-state index in [1.807, 2.05) is 0 Å². The molecule has 0 fully saturated rings. The topological polar surface area (TPSA) is 106 Å². The first kappa shape index (κ1) is 15.3. The van der Waals surface area contributed by atoms with Crippen molar-refractivity contribution in [2.75, 3.05) is 31.7 Å². The maximum Gasteiger partial charge on any atom is 0.321 e. The molecule has 0 aliphatic carbocycles. The van der Waals surface area contributed by atoms with Gasteiger partial charge in [-0.1, -0.05) is 11.8 Å². The number of hydrogen-bond acceptors (Lipinski definition) is 6. The van der Waals surface area contributed by atoms with Crippen molar-refractivity contribution in [2.45, 2.75) is 5.03 Å². The highest BCUT2D eigenvalue weighted by molar-refractivity contribution is 7.99. The molecule has 0 spiro atoms. The van der Waals surface area contributed by atoms with Gasteiger partial charge in [-0.2, -0.15) is 0 Å². The van der Waals surface area contributed by atoms with Crippen LogP contribution in [0.25, 0.3) is 0 Å². The molecule has 3 amide bonds. The van der Waals surface area contributed by atoms with Gasteiger partial charge in [0.25, 0.3) is 0 Å². The van der Waals surface area contributed by atoms with Crippen LogP contribution in [-0.4, -0.2) is 42.9 Å². The molecular formula is C11H16N4O3S. The van der Waals surface area contributed by atoms with Crippen molar-refractivity contribution in [2.24, 2.45) is 0 Å². The molecule has 7 nitrogen and oxygen atoms in total. The number of rotatable bonds is 6. The van der Waals surface area contributed by atoms with Gasteiger partial charge in [-0.15, -0.1) is 0 Å². The maximum absolute atomic E-state index is 11.4. The van der Waals surface area contributed by atoms with Gasteiger partial charge in [0, 0.05) is 13.7 Å². The van der Waals surface area contributed by atoms with Crippen LogP contribution in [0.15, 0.2) is 23.4 Å². The third-order valence-corrected chi connectivity index (χ3v) is 2.90. The van der Waals surface area contributed by atoms with Gasteiger partial charge in [0.15, 0.2) is 0 Å². The van der Waals surface area contributed by atoms with Gasteiger partial charge in [-0.25, -0.2) is 9.78 Å². The molecule has 0 radical (unpaired) electrons. The first-order valence-electron chi connectivity index (χ1n) is 5.52. The molecule has 0 aliphatic rings. The van der Waals surface area contributed by atoms with E-state index in [-0.39, 0.29) is 5.75 Å². The van der Waals surface area contributed by atoms with E-state index in [0.717, 1.165) is 0 Å². The number of urea groups is 1. The summed E-state index contributed by atoms with van der Waals surface area (Å²) in [4.78, 5) is 26.7. The Morgan fingerprint density at radius 3 is 2.89 bits per heavy atom. The van der Waals surface area contributed by atoms with E-state index in [9.17, 15) is 9.59 Å². The minimum atomic E-state index is -0.534. The number of pyridine rings is 1. The molecule has 0 saturated heterocycles. The van der Waals surface area contributed by atoms with Crippen LogP contribution in [0, 0.1) is 0 Å². The zero-order chi connectivity index (χ0) is 14.1. The van der Waals surface area contributed by atoms with Crippen LogP contribution >= 0.6 is 11.8 Å². The number of nitrogens with one attached hydrogen (secondary N) is 2. The molecule has 0 aromatic carbocycles. The molecular weight excluding hydrogens is 268 g/mol. The SMILES string of the molecule is COCCNC(=O)NC(=O)CSc1ccc(N)cn1. The van der Waals surface area contributed by atoms with Gasteiger partial charge >= 0.3 is 6.03 Å². The van der Waals surface area contributed by atoms with Crippen molar-refractivity contribution in [3.05, 3.63) is 18.3 Å². The van der Waals surface area contributed by atoms with Crippen LogP contribution in [0.5, 0.6) is 0 Å². The number of imide groups is 1. The second-order valence-electron chi connectivity index (χ2n) is 3.52. The lowest BCUT2D eigenvalue weighted by molar-refractivity contribution is -0.117. The van der Waals surface area contributed by atoms with Crippen LogP contribution in [0.4, 0.5) is 10.5 Å². The third-order valence-electron chi connectivity index (χ3n) is 1.96. The van der Waals surface area contributed by atoms with Gasteiger partial charge in [-0.3, -0.25) is 10.1 Å². The summed E-state index contributed by atoms with van der Waals surface area (Å²) in [6.07, 6.45) is 1.51. The number of methoxy groups -OCH3 is 1. The number of thioether (sulfide) groups is 1. The van der Waals surface area contributed by atoms with Gasteiger partial charge in [-0.05, 0) is 12.1 Å². The van der Waals surface area contributed by atoms with E-state index in [1.165, 1.54) is 25.1 Å². The quantitative estimate of drug-likeness (QED) is 0.510. The molecule has 1 heterocycles. The number of carbonyl (C=O) groups excluding carboxylic acids is 2. The summed E-state index contributed by atoms with van der Waals surface area (Å²) >= 11 is 1.22. The van der Waals surface area contributed by atoms with Crippen molar-refractivity contribution < 1.29 is 14.3 Å². The molecule has 0 atom stereocenters. The van der Waals surface area contributed by atoms with Crippen molar-refractivity contribution >= 4 is 29.4 Å². The summed E-state index contributed by atoms with van der Waals surface area (Å²) in [6.45, 7) is 0.744. The lowest BCUT2D eigenvalue weighted by Gasteiger charge is -2.05. The normalized spacial score (nSPS) is 9.95. The standard InChI is InChI=1S/C11H16N4O3S/c1-18-5-4-13-11(17)15-9(16)7-19-10-3-2-8(12)6-14-10/h2-3,6H,4-5,7,12H2,1H3,(H2,13,15,16,17). The smallest absolute Gasteiger partial charge is 0.321 e. The first-order valence-corrected chi connectivity index (χ1v) is 6.51. The molecule has 19 heavy (non-hydrogen) atoms. The number of hydrogen-bond donors (Lipinski definition) is 3. The highest BCUT2D eigenvalue weighted by atomic mass is 32.2. The zero-order valence-electron chi connectivity index (χ0n) is 10.5. The minimum Gasteiger partial charge on any atom is -0.397 e. The lowest BCUT2D eigenvalue weighted by atomic mass is 10.4. The van der Waals surface area contributed by atoms with E-state index >= 15 is 0 Å². The summed E-state index contributed by atoms with van der Waals surface area (Å²) in [7, 11) is 1.53. The molecule has 0 saturated carbocycles. The van der Waals surface area contributed by atoms with Gasteiger partial charge in [0.05, 0.1) is 29.3 Å². The third kappa shape index (κ3) is 6.63. The molecule has 0 unspecified atom stereocenters. The summed E-state index contributed by atoms with van der Waals surface area (Å²) in [5.74, 6) is -0.284. The van der Waals surface area contributed by atoms with Crippen LogP contribution in [0.2, 0.25) is 0 Å². The summed E-state index contributed by atoms with van der Waals surface area (Å²) in [5, 5.41) is 5.36. The van der Waals surface area contributed by atoms with Crippen molar-refractivity contribution in [3.63, 3.8) is 0 Å². The highest BCUT2D eigenvalue weighted by Crippen LogP contribution is 2.15. The van der Waals surface area contributed by atoms with Gasteiger partial charge in [0.2, 0.25) is 5.91 Å². The van der Waals surface area contributed by atoms with E-state index in [4.69, 9.17) is 10.5 Å². The maximum atomic E-state index is 11.4. The van der Waals surface area contributed by atoms with Gasteiger partial charge < -0.3 is 15.8 Å². The number of carbonyl (C=O) groups is 2. The monoisotopic (exact) mass is 284 g/mol. The van der Waals surface area contributed by atoms with E-state index in [2.05, 4.69) is 15.6 Å². The summed E-state index contributed by atoms with van der Waals surface area (Å²) < 4.78 is 4.76.